The van der Waals surface area contributed by atoms with Gasteiger partial charge < -0.3 is 11.1 Å². The maximum absolute atomic E-state index is 13.6. The lowest BCUT2D eigenvalue weighted by Gasteiger charge is -2.12. The van der Waals surface area contributed by atoms with Crippen molar-refractivity contribution < 1.29 is 4.39 Å². The fraction of sp³-hybridized carbons (Fsp3) is 0. The lowest BCUT2D eigenvalue weighted by atomic mass is 10.2. The van der Waals surface area contributed by atoms with Gasteiger partial charge in [0.15, 0.2) is 0 Å². The number of anilines is 3. The third-order valence-corrected chi connectivity index (χ3v) is 3.13. The Bertz CT molecular complexity index is 540. The number of para-hydroxylation sites is 1. The fourth-order valence-electron chi connectivity index (χ4n) is 1.39. The van der Waals surface area contributed by atoms with Crippen LogP contribution in [0.15, 0.2) is 40.9 Å². The molecule has 0 spiro atoms. The van der Waals surface area contributed by atoms with E-state index >= 15 is 0 Å². The summed E-state index contributed by atoms with van der Waals surface area (Å²) in [6, 6.07) is 9.72. The number of nitrogen functional groups attached to an aromatic ring is 1. The van der Waals surface area contributed by atoms with Crippen molar-refractivity contribution in [3.63, 3.8) is 0 Å². The maximum Gasteiger partial charge on any atom is 0.147 e. The quantitative estimate of drug-likeness (QED) is 0.797. The van der Waals surface area contributed by atoms with Gasteiger partial charge in [0.25, 0.3) is 0 Å². The molecule has 0 heterocycles. The molecule has 0 atom stereocenters. The summed E-state index contributed by atoms with van der Waals surface area (Å²) in [6.45, 7) is 0. The van der Waals surface area contributed by atoms with Gasteiger partial charge in [-0.05, 0) is 46.3 Å². The van der Waals surface area contributed by atoms with E-state index < -0.39 is 0 Å². The van der Waals surface area contributed by atoms with Crippen molar-refractivity contribution >= 4 is 44.6 Å². The van der Waals surface area contributed by atoms with E-state index in [4.69, 9.17) is 17.3 Å². The Morgan fingerprint density at radius 3 is 2.71 bits per heavy atom. The molecule has 0 bridgehead atoms. The summed E-state index contributed by atoms with van der Waals surface area (Å²) in [4.78, 5) is 0. The lowest BCUT2D eigenvalue weighted by molar-refractivity contribution is 0.631. The van der Waals surface area contributed by atoms with Crippen LogP contribution in [0.5, 0.6) is 0 Å². The number of benzene rings is 2. The molecule has 88 valence electrons. The van der Waals surface area contributed by atoms with E-state index in [1.165, 1.54) is 6.07 Å². The third kappa shape index (κ3) is 2.70. The maximum atomic E-state index is 13.6. The summed E-state index contributed by atoms with van der Waals surface area (Å²) < 4.78 is 14.2. The molecule has 0 amide bonds. The van der Waals surface area contributed by atoms with Crippen LogP contribution >= 0.6 is 27.5 Å². The fourth-order valence-corrected chi connectivity index (χ4v) is 2.00. The van der Waals surface area contributed by atoms with Gasteiger partial charge in [0.1, 0.15) is 5.82 Å². The van der Waals surface area contributed by atoms with Crippen molar-refractivity contribution in [2.75, 3.05) is 11.1 Å². The number of hydrogen-bond donors (Lipinski definition) is 2. The van der Waals surface area contributed by atoms with E-state index in [0.29, 0.717) is 26.6 Å². The molecule has 2 nitrogen and oxygen atoms in total. The molecule has 0 aromatic heterocycles. The second-order valence-electron chi connectivity index (χ2n) is 3.45. The zero-order valence-electron chi connectivity index (χ0n) is 8.68. The zero-order valence-corrected chi connectivity index (χ0v) is 11.0. The lowest BCUT2D eigenvalue weighted by Crippen LogP contribution is -1.98. The van der Waals surface area contributed by atoms with Crippen molar-refractivity contribution in [3.8, 4) is 0 Å². The minimum absolute atomic E-state index is 0.335. The van der Waals surface area contributed by atoms with Crippen molar-refractivity contribution in [2.24, 2.45) is 0 Å². The van der Waals surface area contributed by atoms with Crippen molar-refractivity contribution in [1.29, 1.82) is 0 Å². The highest BCUT2D eigenvalue weighted by Crippen LogP contribution is 2.32. The summed E-state index contributed by atoms with van der Waals surface area (Å²) in [7, 11) is 0. The van der Waals surface area contributed by atoms with Crippen LogP contribution < -0.4 is 11.1 Å². The molecule has 0 aliphatic carbocycles. The molecule has 2 aromatic rings. The molecule has 0 radical (unpaired) electrons. The van der Waals surface area contributed by atoms with Gasteiger partial charge in [0, 0.05) is 9.50 Å². The summed E-state index contributed by atoms with van der Waals surface area (Å²) in [5.41, 5.74) is 7.19. The van der Waals surface area contributed by atoms with Crippen LogP contribution in [-0.4, -0.2) is 0 Å². The van der Waals surface area contributed by atoms with E-state index in [1.54, 1.807) is 30.3 Å². The molecule has 2 aromatic carbocycles. The van der Waals surface area contributed by atoms with E-state index in [2.05, 4.69) is 21.2 Å². The molecule has 0 aliphatic rings. The predicted octanol–water partition coefficient (Wildman–Crippen LogP) is 4.57. The molecule has 2 rings (SSSR count). The highest BCUT2D eigenvalue weighted by Gasteiger charge is 2.08. The average molecular weight is 316 g/mol. The van der Waals surface area contributed by atoms with Gasteiger partial charge in [-0.25, -0.2) is 4.39 Å². The van der Waals surface area contributed by atoms with Crippen LogP contribution in [0, 0.1) is 5.82 Å². The number of hydrogen-bond acceptors (Lipinski definition) is 2. The molecule has 0 fully saturated rings. The monoisotopic (exact) mass is 314 g/mol. The molecule has 0 aliphatic heterocycles. The Morgan fingerprint density at radius 1 is 1.24 bits per heavy atom. The van der Waals surface area contributed by atoms with E-state index in [1.807, 2.05) is 0 Å². The van der Waals surface area contributed by atoms with Gasteiger partial charge in [-0.3, -0.25) is 0 Å². The molecule has 3 N–H and O–H groups in total. The number of nitrogens with two attached hydrogens (primary N) is 1. The first-order chi connectivity index (χ1) is 8.08. The normalized spacial score (nSPS) is 10.3. The molecule has 0 unspecified atom stereocenters. The summed E-state index contributed by atoms with van der Waals surface area (Å²) in [6.07, 6.45) is 0. The zero-order chi connectivity index (χ0) is 12.4. The van der Waals surface area contributed by atoms with Crippen LogP contribution in [0.4, 0.5) is 21.5 Å². The van der Waals surface area contributed by atoms with Crippen LogP contribution in [-0.2, 0) is 0 Å². The molecule has 17 heavy (non-hydrogen) atoms. The van der Waals surface area contributed by atoms with Gasteiger partial charge in [0.2, 0.25) is 0 Å². The third-order valence-electron chi connectivity index (χ3n) is 2.24. The molecular formula is C12H9BrClFN2. The first-order valence-electron chi connectivity index (χ1n) is 4.84. The second-order valence-corrected chi connectivity index (χ2v) is 4.74. The summed E-state index contributed by atoms with van der Waals surface area (Å²) in [5, 5.41) is 3.45. The molecule has 0 saturated carbocycles. The highest BCUT2D eigenvalue weighted by atomic mass is 79.9. The van der Waals surface area contributed by atoms with Crippen LogP contribution in [0.1, 0.15) is 0 Å². The first-order valence-corrected chi connectivity index (χ1v) is 6.01. The largest absolute Gasteiger partial charge is 0.397 e. The summed E-state index contributed by atoms with van der Waals surface area (Å²) in [5.74, 6) is -0.362. The van der Waals surface area contributed by atoms with Gasteiger partial charge in [0.05, 0.1) is 17.1 Å². The van der Waals surface area contributed by atoms with E-state index in [9.17, 15) is 4.39 Å². The molecule has 0 saturated heterocycles. The Hall–Kier alpha value is -1.26. The second kappa shape index (κ2) is 4.94. The van der Waals surface area contributed by atoms with E-state index in [0.717, 1.165) is 0 Å². The van der Waals surface area contributed by atoms with Crippen molar-refractivity contribution in [3.05, 3.63) is 51.7 Å². The highest BCUT2D eigenvalue weighted by molar-refractivity contribution is 9.10. The SMILES string of the molecule is Nc1ccc(Cl)cc1Nc1c(F)cccc1Br. The first kappa shape index (κ1) is 12.2. The molecular weight excluding hydrogens is 307 g/mol. The van der Waals surface area contributed by atoms with Crippen molar-refractivity contribution in [1.82, 2.24) is 0 Å². The van der Waals surface area contributed by atoms with Crippen molar-refractivity contribution in [2.45, 2.75) is 0 Å². The Morgan fingerprint density at radius 2 is 2.00 bits per heavy atom. The Labute approximate surface area is 112 Å². The van der Waals surface area contributed by atoms with Gasteiger partial charge >= 0.3 is 0 Å². The Balaban J connectivity index is 2.41. The van der Waals surface area contributed by atoms with Crippen LogP contribution in [0.25, 0.3) is 0 Å². The molecule has 5 heteroatoms. The van der Waals surface area contributed by atoms with Crippen LogP contribution in [0.2, 0.25) is 5.02 Å². The summed E-state index contributed by atoms with van der Waals surface area (Å²) >= 11 is 9.13. The van der Waals surface area contributed by atoms with Gasteiger partial charge in [-0.1, -0.05) is 17.7 Å². The number of nitrogens with one attached hydrogen (secondary N) is 1. The standard InChI is InChI=1S/C12H9BrClFN2/c13-8-2-1-3-9(15)12(8)17-11-6-7(14)4-5-10(11)16/h1-6,17H,16H2. The number of halogens is 3. The minimum Gasteiger partial charge on any atom is -0.397 e. The van der Waals surface area contributed by atoms with Crippen LogP contribution in [0.3, 0.4) is 0 Å². The average Bonchev–Trinajstić information content (AvgIpc) is 2.28. The minimum atomic E-state index is -0.362. The van der Waals surface area contributed by atoms with Gasteiger partial charge in [-0.2, -0.15) is 0 Å². The smallest absolute Gasteiger partial charge is 0.147 e. The van der Waals surface area contributed by atoms with Gasteiger partial charge in [-0.15, -0.1) is 0 Å². The predicted molar refractivity (Wildman–Crippen MR) is 73.2 cm³/mol. The number of rotatable bonds is 2. The van der Waals surface area contributed by atoms with E-state index in [-0.39, 0.29) is 5.82 Å². The Kier molecular flexibility index (Phi) is 3.54. The topological polar surface area (TPSA) is 38.0 Å².